The van der Waals surface area contributed by atoms with Crippen LogP contribution in [0.3, 0.4) is 0 Å². The second-order valence-corrected chi connectivity index (χ2v) is 14.3. The van der Waals surface area contributed by atoms with Crippen molar-refractivity contribution in [2.24, 2.45) is 0 Å². The molecule has 0 fully saturated rings. The van der Waals surface area contributed by atoms with Crippen LogP contribution in [0.1, 0.15) is 207 Å². The Balaban J connectivity index is 4.39. The van der Waals surface area contributed by atoms with Gasteiger partial charge in [0.2, 0.25) is 0 Å². The number of rotatable bonds is 38. The van der Waals surface area contributed by atoms with Crippen molar-refractivity contribution >= 4 is 17.9 Å². The van der Waals surface area contributed by atoms with Gasteiger partial charge in [0, 0.05) is 19.3 Å². The average Bonchev–Trinajstić information content (AvgIpc) is 3.14. The van der Waals surface area contributed by atoms with Gasteiger partial charge in [-0.1, -0.05) is 166 Å². The van der Waals surface area contributed by atoms with E-state index in [1.165, 1.54) is 83.5 Å². The summed E-state index contributed by atoms with van der Waals surface area (Å²) in [4.78, 5) is 37.5. The van der Waals surface area contributed by atoms with Crippen LogP contribution in [0.2, 0.25) is 0 Å². The van der Waals surface area contributed by atoms with Gasteiger partial charge in [0.05, 0.1) is 0 Å². The Morgan fingerprint density at radius 2 is 0.808 bits per heavy atom. The van der Waals surface area contributed by atoms with Crippen LogP contribution in [0.25, 0.3) is 0 Å². The highest BCUT2D eigenvalue weighted by atomic mass is 16.6. The van der Waals surface area contributed by atoms with Gasteiger partial charge in [0.25, 0.3) is 0 Å². The molecule has 0 saturated heterocycles. The van der Waals surface area contributed by atoms with Crippen molar-refractivity contribution in [1.82, 2.24) is 0 Å². The number of hydrogen-bond acceptors (Lipinski definition) is 6. The second kappa shape index (κ2) is 41.1. The van der Waals surface area contributed by atoms with Crippen LogP contribution in [0.4, 0.5) is 0 Å². The summed E-state index contributed by atoms with van der Waals surface area (Å²) in [6, 6.07) is 0. The van der Waals surface area contributed by atoms with Crippen LogP contribution in [0, 0.1) is 0 Å². The molecule has 0 saturated carbocycles. The lowest BCUT2D eigenvalue weighted by molar-refractivity contribution is -0.167. The smallest absolute Gasteiger partial charge is 0.306 e. The van der Waals surface area contributed by atoms with Gasteiger partial charge in [-0.15, -0.1) is 0 Å². The normalized spacial score (nSPS) is 12.4. The quantitative estimate of drug-likeness (QED) is 0.0207. The van der Waals surface area contributed by atoms with Gasteiger partial charge in [-0.3, -0.25) is 14.4 Å². The van der Waals surface area contributed by atoms with Crippen molar-refractivity contribution in [3.05, 3.63) is 48.6 Å². The third-order valence-corrected chi connectivity index (χ3v) is 9.10. The van der Waals surface area contributed by atoms with Crippen LogP contribution in [0.15, 0.2) is 48.6 Å². The number of carbonyl (C=O) groups excluding carboxylic acids is 3. The van der Waals surface area contributed by atoms with Gasteiger partial charge in [0.1, 0.15) is 13.2 Å². The second-order valence-electron chi connectivity index (χ2n) is 14.3. The SMILES string of the molecule is CC/C=C\C/C=C\CCCCC(=O)OC(COC(=O)CCCCC/C=C\C=C/CCCCCCCCC)COC(=O)CCCCCCCCCCC. The van der Waals surface area contributed by atoms with E-state index in [-0.39, 0.29) is 37.5 Å². The Morgan fingerprint density at radius 1 is 0.423 bits per heavy atom. The van der Waals surface area contributed by atoms with Gasteiger partial charge < -0.3 is 14.2 Å². The zero-order valence-corrected chi connectivity index (χ0v) is 34.1. The molecule has 52 heavy (non-hydrogen) atoms. The van der Waals surface area contributed by atoms with Crippen molar-refractivity contribution in [1.29, 1.82) is 0 Å². The first-order valence-corrected chi connectivity index (χ1v) is 21.7. The van der Waals surface area contributed by atoms with Gasteiger partial charge in [-0.05, 0) is 70.6 Å². The molecule has 0 aromatic heterocycles. The van der Waals surface area contributed by atoms with E-state index in [1.807, 2.05) is 0 Å². The topological polar surface area (TPSA) is 78.9 Å². The largest absolute Gasteiger partial charge is 0.462 e. The number of ether oxygens (including phenoxy) is 3. The standard InChI is InChI=1S/C46H80O6/c1-4-7-10-13-16-19-20-21-22-23-24-25-28-30-33-36-39-45(48)51-42-43(52-46(49)40-37-34-31-27-18-15-12-9-6-3)41-50-44(47)38-35-32-29-26-17-14-11-8-5-2/h9,12,18,22-25,27,43H,4-8,10-11,13-17,19-21,26,28-42H2,1-3H3/b12-9-,23-22-,25-24-,27-18-. The molecule has 300 valence electrons. The Kier molecular flexibility index (Phi) is 39.1. The molecular formula is C46H80O6. The Bertz CT molecular complexity index is 933. The van der Waals surface area contributed by atoms with Crippen LogP contribution in [0.5, 0.6) is 0 Å². The molecule has 0 N–H and O–H groups in total. The molecule has 6 nitrogen and oxygen atoms in total. The highest BCUT2D eigenvalue weighted by Gasteiger charge is 2.19. The minimum absolute atomic E-state index is 0.0941. The lowest BCUT2D eigenvalue weighted by Gasteiger charge is -2.18. The fourth-order valence-electron chi connectivity index (χ4n) is 5.82. The number of allylic oxidation sites excluding steroid dienone is 8. The summed E-state index contributed by atoms with van der Waals surface area (Å²) in [6.45, 7) is 6.41. The third-order valence-electron chi connectivity index (χ3n) is 9.10. The van der Waals surface area contributed by atoms with E-state index in [0.29, 0.717) is 19.3 Å². The number of hydrogen-bond donors (Lipinski definition) is 0. The summed E-state index contributed by atoms with van der Waals surface area (Å²) in [5.41, 5.74) is 0. The first-order chi connectivity index (χ1) is 25.5. The lowest BCUT2D eigenvalue weighted by Crippen LogP contribution is -2.30. The summed E-state index contributed by atoms with van der Waals surface area (Å²) in [6.07, 6.45) is 46.8. The molecule has 1 atom stereocenters. The number of unbranched alkanes of at least 4 members (excludes halogenated alkanes) is 20. The molecule has 0 aliphatic rings. The Labute approximate surface area is 320 Å². The maximum absolute atomic E-state index is 12.6. The van der Waals surface area contributed by atoms with Gasteiger partial charge in [-0.25, -0.2) is 0 Å². The molecule has 6 heteroatoms. The van der Waals surface area contributed by atoms with Crippen LogP contribution >= 0.6 is 0 Å². The fraction of sp³-hybridized carbons (Fsp3) is 0.761. The summed E-state index contributed by atoms with van der Waals surface area (Å²) in [5.74, 6) is -0.966. The zero-order valence-electron chi connectivity index (χ0n) is 34.1. The van der Waals surface area contributed by atoms with Crippen LogP contribution in [-0.2, 0) is 28.6 Å². The van der Waals surface area contributed by atoms with E-state index < -0.39 is 6.10 Å². The molecule has 0 amide bonds. The van der Waals surface area contributed by atoms with Crippen molar-refractivity contribution < 1.29 is 28.6 Å². The predicted octanol–water partition coefficient (Wildman–Crippen LogP) is 13.6. The average molecular weight is 729 g/mol. The maximum Gasteiger partial charge on any atom is 0.306 e. The van der Waals surface area contributed by atoms with Gasteiger partial charge in [-0.2, -0.15) is 0 Å². The molecule has 0 spiro atoms. The van der Waals surface area contributed by atoms with E-state index >= 15 is 0 Å². The Hall–Kier alpha value is -2.63. The highest BCUT2D eigenvalue weighted by molar-refractivity contribution is 5.71. The van der Waals surface area contributed by atoms with Crippen LogP contribution < -0.4 is 0 Å². The van der Waals surface area contributed by atoms with E-state index in [4.69, 9.17) is 14.2 Å². The lowest BCUT2D eigenvalue weighted by atomic mass is 10.1. The molecule has 0 rings (SSSR count). The highest BCUT2D eigenvalue weighted by Crippen LogP contribution is 2.13. The van der Waals surface area contributed by atoms with Gasteiger partial charge in [0.15, 0.2) is 6.10 Å². The molecule has 0 heterocycles. The van der Waals surface area contributed by atoms with E-state index in [0.717, 1.165) is 77.0 Å². The third kappa shape index (κ3) is 38.6. The summed E-state index contributed by atoms with van der Waals surface area (Å²) >= 11 is 0. The van der Waals surface area contributed by atoms with Crippen molar-refractivity contribution in [3.8, 4) is 0 Å². The van der Waals surface area contributed by atoms with Crippen molar-refractivity contribution in [2.75, 3.05) is 13.2 Å². The molecule has 0 aliphatic heterocycles. The van der Waals surface area contributed by atoms with E-state index in [1.54, 1.807) is 0 Å². The van der Waals surface area contributed by atoms with Crippen molar-refractivity contribution in [3.63, 3.8) is 0 Å². The summed E-state index contributed by atoms with van der Waals surface area (Å²) in [5, 5.41) is 0. The van der Waals surface area contributed by atoms with Gasteiger partial charge >= 0.3 is 17.9 Å². The number of carbonyl (C=O) groups is 3. The molecule has 0 bridgehead atoms. The molecule has 0 aromatic carbocycles. The van der Waals surface area contributed by atoms with E-state index in [2.05, 4.69) is 69.4 Å². The number of esters is 3. The zero-order chi connectivity index (χ0) is 38.0. The molecule has 0 radical (unpaired) electrons. The Morgan fingerprint density at radius 3 is 1.33 bits per heavy atom. The first-order valence-electron chi connectivity index (χ1n) is 21.7. The molecule has 1 unspecified atom stereocenters. The summed E-state index contributed by atoms with van der Waals surface area (Å²) < 4.78 is 16.6. The van der Waals surface area contributed by atoms with E-state index in [9.17, 15) is 14.4 Å². The monoisotopic (exact) mass is 729 g/mol. The predicted molar refractivity (Wildman–Crippen MR) is 219 cm³/mol. The minimum Gasteiger partial charge on any atom is -0.462 e. The molecular weight excluding hydrogens is 649 g/mol. The molecule has 0 aromatic rings. The van der Waals surface area contributed by atoms with Crippen LogP contribution in [-0.4, -0.2) is 37.2 Å². The minimum atomic E-state index is -0.794. The summed E-state index contributed by atoms with van der Waals surface area (Å²) in [7, 11) is 0. The molecule has 0 aliphatic carbocycles. The fourth-order valence-corrected chi connectivity index (χ4v) is 5.82. The first kappa shape index (κ1) is 49.4. The van der Waals surface area contributed by atoms with Crippen molar-refractivity contribution in [2.45, 2.75) is 213 Å². The maximum atomic E-state index is 12.6.